The predicted octanol–water partition coefficient (Wildman–Crippen LogP) is 2.78. The highest BCUT2D eigenvalue weighted by molar-refractivity contribution is 5.95. The van der Waals surface area contributed by atoms with Crippen LogP contribution in [0.1, 0.15) is 26.7 Å². The highest BCUT2D eigenvalue weighted by Gasteiger charge is 2.13. The smallest absolute Gasteiger partial charge is 0.227 e. The van der Waals surface area contributed by atoms with Gasteiger partial charge in [0.05, 0.1) is 11.4 Å². The van der Waals surface area contributed by atoms with Crippen LogP contribution < -0.4 is 11.1 Å². The molecule has 0 spiro atoms. The molecule has 0 aromatic heterocycles. The summed E-state index contributed by atoms with van der Waals surface area (Å²) in [5.74, 6) is -0.625. The summed E-state index contributed by atoms with van der Waals surface area (Å²) in [5, 5.41) is 2.63. The molecule has 16 heavy (non-hydrogen) atoms. The van der Waals surface area contributed by atoms with E-state index in [2.05, 4.69) is 5.32 Å². The largest absolute Gasteiger partial charge is 0.397 e. The summed E-state index contributed by atoms with van der Waals surface area (Å²) < 4.78 is 12.9. The maximum Gasteiger partial charge on any atom is 0.227 e. The third-order valence-electron chi connectivity index (χ3n) is 2.44. The lowest BCUT2D eigenvalue weighted by molar-refractivity contribution is -0.119. The van der Waals surface area contributed by atoms with Gasteiger partial charge in [0.1, 0.15) is 5.82 Å². The maximum atomic E-state index is 12.9. The van der Waals surface area contributed by atoms with E-state index < -0.39 is 5.82 Å². The highest BCUT2D eigenvalue weighted by atomic mass is 19.1. The number of nitrogen functional groups attached to an aromatic ring is 1. The van der Waals surface area contributed by atoms with Gasteiger partial charge in [-0.2, -0.15) is 0 Å². The van der Waals surface area contributed by atoms with Crippen LogP contribution in [0.5, 0.6) is 0 Å². The number of anilines is 2. The zero-order valence-corrected chi connectivity index (χ0v) is 9.59. The summed E-state index contributed by atoms with van der Waals surface area (Å²) in [6.07, 6.45) is 1.74. The van der Waals surface area contributed by atoms with Crippen LogP contribution in [0.4, 0.5) is 15.8 Å². The molecule has 0 saturated carbocycles. The summed E-state index contributed by atoms with van der Waals surface area (Å²) in [7, 11) is 0. The molecule has 1 aromatic rings. The Kier molecular flexibility index (Phi) is 4.28. The monoisotopic (exact) mass is 224 g/mol. The Hall–Kier alpha value is -1.58. The van der Waals surface area contributed by atoms with Crippen LogP contribution in [-0.4, -0.2) is 5.91 Å². The van der Waals surface area contributed by atoms with Crippen molar-refractivity contribution in [2.45, 2.75) is 26.7 Å². The van der Waals surface area contributed by atoms with Crippen molar-refractivity contribution in [1.82, 2.24) is 0 Å². The molecule has 1 rings (SSSR count). The van der Waals surface area contributed by atoms with Gasteiger partial charge in [-0.3, -0.25) is 4.79 Å². The van der Waals surface area contributed by atoms with E-state index in [1.165, 1.54) is 18.2 Å². The number of benzene rings is 1. The van der Waals surface area contributed by atoms with Crippen LogP contribution in [0.2, 0.25) is 0 Å². The number of hydrogen-bond donors (Lipinski definition) is 2. The molecule has 0 aliphatic carbocycles. The molecule has 4 heteroatoms. The quantitative estimate of drug-likeness (QED) is 0.773. The second-order valence-corrected chi connectivity index (χ2v) is 3.91. The second kappa shape index (κ2) is 5.49. The van der Waals surface area contributed by atoms with Crippen molar-refractivity contribution in [3.8, 4) is 0 Å². The van der Waals surface area contributed by atoms with Crippen molar-refractivity contribution in [1.29, 1.82) is 0 Å². The van der Waals surface area contributed by atoms with Gasteiger partial charge < -0.3 is 11.1 Å². The Labute approximate surface area is 94.8 Å². The van der Waals surface area contributed by atoms with Gasteiger partial charge in [-0.05, 0) is 24.6 Å². The SMILES string of the molecule is CCCC(C)C(=O)Nc1cc(F)ccc1N. The van der Waals surface area contributed by atoms with Crippen LogP contribution in [0.15, 0.2) is 18.2 Å². The third kappa shape index (κ3) is 3.22. The number of nitrogens with two attached hydrogens (primary N) is 1. The lowest BCUT2D eigenvalue weighted by Crippen LogP contribution is -2.20. The fraction of sp³-hybridized carbons (Fsp3) is 0.417. The number of hydrogen-bond acceptors (Lipinski definition) is 2. The summed E-state index contributed by atoms with van der Waals surface area (Å²) in [6, 6.07) is 3.93. The van der Waals surface area contributed by atoms with Crippen molar-refractivity contribution in [2.24, 2.45) is 5.92 Å². The molecule has 0 fully saturated rings. The molecule has 1 amide bonds. The van der Waals surface area contributed by atoms with Crippen molar-refractivity contribution in [3.63, 3.8) is 0 Å². The normalized spacial score (nSPS) is 12.2. The average molecular weight is 224 g/mol. The zero-order chi connectivity index (χ0) is 12.1. The molecule has 88 valence electrons. The van der Waals surface area contributed by atoms with Gasteiger partial charge >= 0.3 is 0 Å². The summed E-state index contributed by atoms with van der Waals surface area (Å²) in [5.41, 5.74) is 6.34. The highest BCUT2D eigenvalue weighted by Crippen LogP contribution is 2.20. The van der Waals surface area contributed by atoms with E-state index in [0.717, 1.165) is 12.8 Å². The first-order chi connectivity index (χ1) is 7.54. The summed E-state index contributed by atoms with van der Waals surface area (Å²) in [4.78, 5) is 11.7. The molecular formula is C12H17FN2O. The van der Waals surface area contributed by atoms with E-state index in [-0.39, 0.29) is 11.8 Å². The maximum absolute atomic E-state index is 12.9. The first kappa shape index (κ1) is 12.5. The first-order valence-corrected chi connectivity index (χ1v) is 5.40. The van der Waals surface area contributed by atoms with Gasteiger partial charge in [-0.25, -0.2) is 4.39 Å². The predicted molar refractivity (Wildman–Crippen MR) is 63.5 cm³/mol. The van der Waals surface area contributed by atoms with Crippen molar-refractivity contribution in [2.75, 3.05) is 11.1 Å². The van der Waals surface area contributed by atoms with Crippen LogP contribution in [0.3, 0.4) is 0 Å². The van der Waals surface area contributed by atoms with Crippen LogP contribution in [-0.2, 0) is 4.79 Å². The van der Waals surface area contributed by atoms with E-state index in [4.69, 9.17) is 5.73 Å². The fourth-order valence-corrected chi connectivity index (χ4v) is 1.46. The molecule has 1 aromatic carbocycles. The molecule has 0 aliphatic heterocycles. The molecule has 0 aliphatic rings. The van der Waals surface area contributed by atoms with Gasteiger partial charge in [-0.15, -0.1) is 0 Å². The molecule has 0 saturated heterocycles. The first-order valence-electron chi connectivity index (χ1n) is 5.40. The van der Waals surface area contributed by atoms with Gasteiger partial charge in [0.25, 0.3) is 0 Å². The Bertz CT molecular complexity index is 379. The summed E-state index contributed by atoms with van der Waals surface area (Å²) in [6.45, 7) is 3.86. The number of carbonyl (C=O) groups is 1. The van der Waals surface area contributed by atoms with Crippen molar-refractivity contribution in [3.05, 3.63) is 24.0 Å². The van der Waals surface area contributed by atoms with Gasteiger partial charge in [-0.1, -0.05) is 20.3 Å². The number of halogens is 1. The van der Waals surface area contributed by atoms with Crippen LogP contribution in [0.25, 0.3) is 0 Å². The molecule has 3 nitrogen and oxygen atoms in total. The average Bonchev–Trinajstić information content (AvgIpc) is 2.23. The molecule has 0 bridgehead atoms. The second-order valence-electron chi connectivity index (χ2n) is 3.91. The number of nitrogens with one attached hydrogen (secondary N) is 1. The lowest BCUT2D eigenvalue weighted by atomic mass is 10.1. The fourth-order valence-electron chi connectivity index (χ4n) is 1.46. The molecule has 3 N–H and O–H groups in total. The minimum Gasteiger partial charge on any atom is -0.397 e. The molecule has 0 radical (unpaired) electrons. The van der Waals surface area contributed by atoms with Crippen molar-refractivity contribution < 1.29 is 9.18 Å². The van der Waals surface area contributed by atoms with E-state index in [1.807, 2.05) is 13.8 Å². The molecular weight excluding hydrogens is 207 g/mol. The summed E-state index contributed by atoms with van der Waals surface area (Å²) >= 11 is 0. The standard InChI is InChI=1S/C12H17FN2O/c1-3-4-8(2)12(16)15-11-7-9(13)5-6-10(11)14/h5-8H,3-4,14H2,1-2H3,(H,15,16). The van der Waals surface area contributed by atoms with E-state index in [9.17, 15) is 9.18 Å². The molecule has 1 atom stereocenters. The Morgan fingerprint density at radius 1 is 1.56 bits per heavy atom. The van der Waals surface area contributed by atoms with E-state index in [0.29, 0.717) is 11.4 Å². The van der Waals surface area contributed by atoms with Crippen LogP contribution in [0, 0.1) is 11.7 Å². The zero-order valence-electron chi connectivity index (χ0n) is 9.59. The minimum atomic E-state index is -0.410. The number of carbonyl (C=O) groups excluding carboxylic acids is 1. The van der Waals surface area contributed by atoms with E-state index >= 15 is 0 Å². The Morgan fingerprint density at radius 3 is 2.88 bits per heavy atom. The molecule has 1 unspecified atom stereocenters. The number of amides is 1. The minimum absolute atomic E-state index is 0.0901. The van der Waals surface area contributed by atoms with Gasteiger partial charge in [0, 0.05) is 5.92 Å². The lowest BCUT2D eigenvalue weighted by Gasteiger charge is -2.12. The van der Waals surface area contributed by atoms with Gasteiger partial charge in [0.15, 0.2) is 0 Å². The number of rotatable bonds is 4. The third-order valence-corrected chi connectivity index (χ3v) is 2.44. The van der Waals surface area contributed by atoms with Crippen LogP contribution >= 0.6 is 0 Å². The van der Waals surface area contributed by atoms with Crippen molar-refractivity contribution >= 4 is 17.3 Å². The van der Waals surface area contributed by atoms with E-state index in [1.54, 1.807) is 0 Å². The Morgan fingerprint density at radius 2 is 2.25 bits per heavy atom. The Balaban J connectivity index is 2.72. The molecule has 0 heterocycles. The van der Waals surface area contributed by atoms with Gasteiger partial charge in [0.2, 0.25) is 5.91 Å². The topological polar surface area (TPSA) is 55.1 Å².